The van der Waals surface area contributed by atoms with Crippen molar-refractivity contribution in [3.8, 4) is 11.3 Å². The Kier molecular flexibility index (Phi) is 10.9. The van der Waals surface area contributed by atoms with Crippen molar-refractivity contribution in [3.05, 3.63) is 54.6 Å². The third-order valence-corrected chi connectivity index (χ3v) is 19.4. The summed E-state index contributed by atoms with van der Waals surface area (Å²) in [6.07, 6.45) is 15.1. The number of ether oxygens (including phenoxy) is 1. The van der Waals surface area contributed by atoms with Crippen LogP contribution in [0.3, 0.4) is 0 Å². The molecule has 1 aliphatic heterocycles. The molecule has 6 aliphatic rings. The molecule has 8 rings (SSSR count). The number of hydrogen-bond donors (Lipinski definition) is 1. The molecule has 60 heavy (non-hydrogen) atoms. The highest BCUT2D eigenvalue weighted by molar-refractivity contribution is 5.84. The van der Waals surface area contributed by atoms with Crippen molar-refractivity contribution in [2.45, 2.75) is 164 Å². The Morgan fingerprint density at radius 1 is 0.917 bits per heavy atom. The van der Waals surface area contributed by atoms with Crippen molar-refractivity contribution in [1.82, 2.24) is 9.88 Å². The summed E-state index contributed by atoms with van der Waals surface area (Å²) in [5, 5.41) is 9.72. The van der Waals surface area contributed by atoms with Crippen molar-refractivity contribution in [3.63, 3.8) is 0 Å². The average molecular weight is 823 g/mol. The van der Waals surface area contributed by atoms with E-state index in [-0.39, 0.29) is 51.6 Å². The Bertz CT molecular complexity index is 1990. The molecule has 12 atom stereocenters. The van der Waals surface area contributed by atoms with Gasteiger partial charge in [-0.1, -0.05) is 104 Å². The number of fused-ring (bicyclic) bond motifs is 2. The summed E-state index contributed by atoms with van der Waals surface area (Å²) < 4.78 is 12.6. The first-order chi connectivity index (χ1) is 28.2. The van der Waals surface area contributed by atoms with E-state index in [9.17, 15) is 14.7 Å². The van der Waals surface area contributed by atoms with Crippen LogP contribution in [0.25, 0.3) is 11.3 Å². The molecule has 2 heterocycles. The molecule has 8 nitrogen and oxygen atoms in total. The number of aliphatic carboxylic acids is 1. The molecule has 1 aromatic heterocycles. The molecule has 2 aromatic rings. The molecule has 0 radical (unpaired) electrons. The van der Waals surface area contributed by atoms with Gasteiger partial charge in [0.1, 0.15) is 24.1 Å². The lowest BCUT2D eigenvalue weighted by Gasteiger charge is -2.69. The van der Waals surface area contributed by atoms with E-state index in [1.807, 2.05) is 32.0 Å². The zero-order valence-electron chi connectivity index (χ0n) is 38.3. The van der Waals surface area contributed by atoms with Gasteiger partial charge in [-0.25, -0.2) is 4.98 Å². The normalized spacial score (nSPS) is 40.5. The second kappa shape index (κ2) is 15.1. The van der Waals surface area contributed by atoms with Crippen molar-refractivity contribution >= 4 is 17.8 Å². The quantitative estimate of drug-likeness (QED) is 0.188. The van der Waals surface area contributed by atoms with E-state index in [1.54, 1.807) is 6.26 Å². The van der Waals surface area contributed by atoms with E-state index in [4.69, 9.17) is 14.1 Å². The number of esters is 1. The summed E-state index contributed by atoms with van der Waals surface area (Å²) in [6, 6.07) is 10.0. The van der Waals surface area contributed by atoms with Crippen LogP contribution >= 0.6 is 0 Å². The summed E-state index contributed by atoms with van der Waals surface area (Å²) in [5.74, 6) is 0.546. The Labute approximate surface area is 360 Å². The molecule has 1 aromatic carbocycles. The van der Waals surface area contributed by atoms with E-state index >= 15 is 4.79 Å². The first kappa shape index (κ1) is 43.2. The van der Waals surface area contributed by atoms with E-state index in [0.717, 1.165) is 94.9 Å². The zero-order chi connectivity index (χ0) is 43.2. The van der Waals surface area contributed by atoms with E-state index in [0.29, 0.717) is 36.0 Å². The summed E-state index contributed by atoms with van der Waals surface area (Å²) in [7, 11) is 0. The number of likely N-dealkylation sites (tertiary alicyclic amines) is 1. The minimum Gasteiger partial charge on any atom is -0.481 e. The smallest absolute Gasteiger partial charge is 0.309 e. The number of carbonyl (C=O) groups is 3. The molecule has 6 fully saturated rings. The van der Waals surface area contributed by atoms with Gasteiger partial charge in [0.15, 0.2) is 0 Å². The molecule has 328 valence electrons. The number of hydrogen-bond acceptors (Lipinski definition) is 6. The summed E-state index contributed by atoms with van der Waals surface area (Å²) in [4.78, 5) is 48.1. The second-order valence-corrected chi connectivity index (χ2v) is 22.8. The van der Waals surface area contributed by atoms with E-state index in [1.165, 1.54) is 12.0 Å². The maximum absolute atomic E-state index is 15.4. The van der Waals surface area contributed by atoms with E-state index in [2.05, 4.69) is 72.1 Å². The van der Waals surface area contributed by atoms with Crippen LogP contribution in [0.15, 0.2) is 53.2 Å². The van der Waals surface area contributed by atoms with Crippen LogP contribution in [-0.2, 0) is 19.1 Å². The van der Waals surface area contributed by atoms with Gasteiger partial charge < -0.3 is 19.2 Å². The Balaban J connectivity index is 1.04. The number of carboxylic acid groups (broad SMARTS) is 1. The standard InChI is InChI=1S/C52H74N2O6/c1-11-16-41-50(9)23-22-42(60-45(57)36-29-35(44(55)56)47(36,4)5)48(6,7)40(50)21-24-51(41,10)49(8)26-27-52(25-20-34(32(2)3)37(52)30-49)46(58)54-28-15-19-39(54)43-53-38(31-59-43)33-17-13-12-14-18-33/h12-14,17-18,31,34-37,39-42H,2,11,15-16,19-30H2,1,3-10H3,(H,55,56)/t34-,35-,36+,37-,39-,40-,41+,42-,49+,50-,51+,52-/m0/s1. The fourth-order valence-electron chi connectivity index (χ4n) is 15.5. The fourth-order valence-corrected chi connectivity index (χ4v) is 15.5. The van der Waals surface area contributed by atoms with Crippen molar-refractivity contribution < 1.29 is 28.6 Å². The molecule has 0 spiro atoms. The maximum Gasteiger partial charge on any atom is 0.309 e. The van der Waals surface area contributed by atoms with Gasteiger partial charge in [0.05, 0.1) is 17.3 Å². The number of rotatable bonds is 10. The van der Waals surface area contributed by atoms with Crippen LogP contribution in [0.1, 0.15) is 164 Å². The van der Waals surface area contributed by atoms with Gasteiger partial charge in [0.25, 0.3) is 0 Å². The Morgan fingerprint density at radius 2 is 1.65 bits per heavy atom. The first-order valence-electron chi connectivity index (χ1n) is 23.7. The zero-order valence-corrected chi connectivity index (χ0v) is 38.3. The number of oxazole rings is 1. The number of allylic oxidation sites excluding steroid dienone is 1. The van der Waals surface area contributed by atoms with Crippen molar-refractivity contribution in [2.24, 2.45) is 68.0 Å². The van der Waals surface area contributed by atoms with Gasteiger partial charge in [-0.15, -0.1) is 0 Å². The lowest BCUT2D eigenvalue weighted by molar-refractivity contribution is -0.224. The summed E-state index contributed by atoms with van der Waals surface area (Å²) >= 11 is 0. The minimum absolute atomic E-state index is 0.0504. The van der Waals surface area contributed by atoms with Crippen LogP contribution in [0, 0.1) is 68.0 Å². The lowest BCUT2D eigenvalue weighted by atomic mass is 9.36. The van der Waals surface area contributed by atoms with Gasteiger partial charge in [0.2, 0.25) is 11.8 Å². The van der Waals surface area contributed by atoms with Crippen LogP contribution < -0.4 is 0 Å². The van der Waals surface area contributed by atoms with Crippen molar-refractivity contribution in [2.75, 3.05) is 6.54 Å². The molecule has 0 bridgehead atoms. The molecule has 0 unspecified atom stereocenters. The van der Waals surface area contributed by atoms with Crippen molar-refractivity contribution in [1.29, 1.82) is 0 Å². The maximum atomic E-state index is 15.4. The molecular weight excluding hydrogens is 749 g/mol. The largest absolute Gasteiger partial charge is 0.481 e. The van der Waals surface area contributed by atoms with E-state index < -0.39 is 22.7 Å². The number of aromatic nitrogens is 1. The molecular formula is C52H74N2O6. The molecule has 1 amide bonds. The van der Waals surface area contributed by atoms with Crippen LogP contribution in [0.2, 0.25) is 0 Å². The number of nitrogens with zero attached hydrogens (tertiary/aromatic N) is 2. The SMILES string of the molecule is C=C(C)[C@@H]1CC[C@]2(C(=O)N3CCC[C@H]3c3nc(-c4ccccc4)co3)CC[C@@](C)([C@]3(C)CC[C@H]4C(C)(C)[C@@H](OC(=O)[C@H]5C[C@@H](C(=O)O)C5(C)C)CC[C@]4(C)[C@H]3CCC)C[C@@H]12. The average Bonchev–Trinajstić information content (AvgIpc) is 3.96. The minimum atomic E-state index is -0.822. The Morgan fingerprint density at radius 3 is 2.32 bits per heavy atom. The van der Waals surface area contributed by atoms with Gasteiger partial charge in [-0.05, 0) is 136 Å². The summed E-state index contributed by atoms with van der Waals surface area (Å²) in [5.41, 5.74) is 2.06. The first-order valence-corrected chi connectivity index (χ1v) is 23.7. The van der Waals surface area contributed by atoms with Gasteiger partial charge in [-0.3, -0.25) is 14.4 Å². The molecule has 1 saturated heterocycles. The van der Waals surface area contributed by atoms with Crippen LogP contribution in [0.4, 0.5) is 0 Å². The third-order valence-electron chi connectivity index (χ3n) is 19.4. The monoisotopic (exact) mass is 823 g/mol. The number of benzene rings is 1. The predicted octanol–water partition coefficient (Wildman–Crippen LogP) is 12.1. The molecule has 5 aliphatic carbocycles. The topological polar surface area (TPSA) is 110 Å². The highest BCUT2D eigenvalue weighted by Gasteiger charge is 2.68. The summed E-state index contributed by atoms with van der Waals surface area (Å²) in [6.45, 7) is 26.2. The van der Waals surface area contributed by atoms with Crippen LogP contribution in [-0.4, -0.2) is 45.5 Å². The highest BCUT2D eigenvalue weighted by Crippen LogP contribution is 2.74. The van der Waals surface area contributed by atoms with Crippen LogP contribution in [0.5, 0.6) is 0 Å². The lowest BCUT2D eigenvalue weighted by Crippen LogP contribution is -2.63. The number of carbonyl (C=O) groups excluding carboxylic acids is 2. The number of amides is 1. The predicted molar refractivity (Wildman–Crippen MR) is 234 cm³/mol. The fraction of sp³-hybridized carbons (Fsp3) is 0.731. The van der Waals surface area contributed by atoms with Gasteiger partial charge >= 0.3 is 11.9 Å². The molecule has 1 N–H and O–H groups in total. The number of carboxylic acids is 1. The van der Waals surface area contributed by atoms with Gasteiger partial charge in [0, 0.05) is 17.5 Å². The second-order valence-electron chi connectivity index (χ2n) is 22.8. The third kappa shape index (κ3) is 6.47. The Hall–Kier alpha value is -3.42. The van der Waals surface area contributed by atoms with Gasteiger partial charge in [-0.2, -0.15) is 0 Å². The molecule has 5 saturated carbocycles. The highest BCUT2D eigenvalue weighted by atomic mass is 16.5. The molecule has 8 heteroatoms.